The van der Waals surface area contributed by atoms with Crippen LogP contribution in [0.4, 0.5) is 4.79 Å². The molecule has 1 aliphatic carbocycles. The van der Waals surface area contributed by atoms with E-state index in [0.29, 0.717) is 38.5 Å². The molecule has 1 saturated carbocycles. The second kappa shape index (κ2) is 22.0. The Labute approximate surface area is 381 Å². The van der Waals surface area contributed by atoms with Gasteiger partial charge in [0.05, 0.1) is 18.5 Å². The number of para-hydroxylation sites is 1. The molecule has 13 N–H and O–H groups in total. The number of aromatic amines is 1. The van der Waals surface area contributed by atoms with Crippen molar-refractivity contribution in [2.24, 2.45) is 11.5 Å². The number of carbonyl (C=O) groups is 8. The smallest absolute Gasteiger partial charge is 0.325 e. The molecule has 1 aromatic heterocycles. The average Bonchev–Trinajstić information content (AvgIpc) is 3.91. The van der Waals surface area contributed by atoms with E-state index in [2.05, 4.69) is 42.2 Å². The summed E-state index contributed by atoms with van der Waals surface area (Å²) >= 11 is 0. The number of aldehydes is 1. The van der Waals surface area contributed by atoms with Crippen molar-refractivity contribution in [2.75, 3.05) is 20.1 Å². The number of hydrogen-bond donors (Lipinski definition) is 11. The van der Waals surface area contributed by atoms with Crippen molar-refractivity contribution >= 4 is 75.4 Å². The van der Waals surface area contributed by atoms with Gasteiger partial charge in [0.15, 0.2) is 5.96 Å². The molecule has 1 aliphatic heterocycles. The summed E-state index contributed by atoms with van der Waals surface area (Å²) in [5.74, 6) is -3.90. The van der Waals surface area contributed by atoms with Gasteiger partial charge >= 0.3 is 6.03 Å². The molecule has 0 radical (unpaired) electrons. The first kappa shape index (κ1) is 48.1. The highest BCUT2D eigenvalue weighted by Gasteiger charge is 2.62. The van der Waals surface area contributed by atoms with Crippen molar-refractivity contribution in [1.29, 1.82) is 5.41 Å². The van der Waals surface area contributed by atoms with Crippen LogP contribution in [0.25, 0.3) is 21.7 Å². The van der Waals surface area contributed by atoms with Gasteiger partial charge in [-0.3, -0.25) is 34.2 Å². The number of rotatable bonds is 25. The molecule has 66 heavy (non-hydrogen) atoms. The topological polar surface area (TPSA) is 316 Å². The summed E-state index contributed by atoms with van der Waals surface area (Å²) in [4.78, 5) is 109. The first-order valence-corrected chi connectivity index (χ1v) is 22.1. The van der Waals surface area contributed by atoms with E-state index in [-0.39, 0.29) is 51.0 Å². The molecule has 20 heteroatoms. The van der Waals surface area contributed by atoms with Crippen molar-refractivity contribution in [1.82, 2.24) is 47.1 Å². The molecule has 4 aromatic rings. The summed E-state index contributed by atoms with van der Waals surface area (Å²) < 4.78 is 0. The van der Waals surface area contributed by atoms with E-state index in [9.17, 15) is 38.4 Å². The molecule has 20 nitrogen and oxygen atoms in total. The minimum Gasteiger partial charge on any atom is -0.370 e. The quantitative estimate of drug-likeness (QED) is 0.0141. The van der Waals surface area contributed by atoms with Gasteiger partial charge in [-0.25, -0.2) is 9.69 Å². The second-order valence-electron chi connectivity index (χ2n) is 16.8. The van der Waals surface area contributed by atoms with Crippen LogP contribution in [0.15, 0.2) is 72.9 Å². The van der Waals surface area contributed by atoms with Crippen LogP contribution < -0.4 is 48.7 Å². The third kappa shape index (κ3) is 12.1. The van der Waals surface area contributed by atoms with Crippen LogP contribution in [-0.4, -0.2) is 119 Å². The number of guanidine groups is 1. The van der Waals surface area contributed by atoms with Gasteiger partial charge in [0.2, 0.25) is 29.5 Å². The summed E-state index contributed by atoms with van der Waals surface area (Å²) in [7, 11) is 1.62. The Kier molecular flexibility index (Phi) is 16.1. The highest BCUT2D eigenvalue weighted by molar-refractivity contribution is 6.11. The third-order valence-corrected chi connectivity index (χ3v) is 12.0. The molecule has 2 aliphatic rings. The van der Waals surface area contributed by atoms with E-state index in [1.54, 1.807) is 13.2 Å². The van der Waals surface area contributed by atoms with E-state index in [1.165, 1.54) is 0 Å². The number of amides is 8. The van der Waals surface area contributed by atoms with Crippen LogP contribution >= 0.6 is 0 Å². The van der Waals surface area contributed by atoms with Crippen LogP contribution in [-0.2, 0) is 46.4 Å². The summed E-state index contributed by atoms with van der Waals surface area (Å²) in [5, 5.41) is 29.3. The van der Waals surface area contributed by atoms with E-state index < -0.39 is 77.2 Å². The lowest BCUT2D eigenvalue weighted by Gasteiger charge is -2.25. The maximum absolute atomic E-state index is 13.8. The van der Waals surface area contributed by atoms with Gasteiger partial charge in [-0.05, 0) is 86.4 Å². The summed E-state index contributed by atoms with van der Waals surface area (Å²) in [6, 6.07) is 15.2. The van der Waals surface area contributed by atoms with Crippen molar-refractivity contribution in [3.8, 4) is 0 Å². The van der Waals surface area contributed by atoms with Crippen LogP contribution in [0, 0.1) is 5.41 Å². The molecule has 8 amide bonds. The van der Waals surface area contributed by atoms with Gasteiger partial charge in [-0.1, -0.05) is 60.7 Å². The molecule has 1 saturated heterocycles. The van der Waals surface area contributed by atoms with Crippen molar-refractivity contribution in [3.05, 3.63) is 84.1 Å². The van der Waals surface area contributed by atoms with Crippen LogP contribution in [0.2, 0.25) is 0 Å². The zero-order valence-corrected chi connectivity index (χ0v) is 36.7. The Bertz CT molecular complexity index is 2470. The molecule has 2 fully saturated rings. The molecular weight excluding hydrogens is 849 g/mol. The van der Waals surface area contributed by atoms with Gasteiger partial charge in [0.1, 0.15) is 30.0 Å². The number of imide groups is 1. The molecule has 0 unspecified atom stereocenters. The van der Waals surface area contributed by atoms with Crippen molar-refractivity contribution in [2.45, 2.75) is 100.0 Å². The normalized spacial score (nSPS) is 16.9. The third-order valence-electron chi connectivity index (χ3n) is 12.0. The lowest BCUT2D eigenvalue weighted by molar-refractivity contribution is -0.138. The standard InChI is InChI=1S/C46H58N12O8/c1-50-35(14-8-20-52-44(48)49)40(62)56-36(23-30-25-53-33-12-5-4-11-32(30)33)41(63)55-34(39(47)61)13-6-7-19-51-38(60)24-37-42(64)58(45(66)57-37)46(17-18-46)43(65)54-31(26-59)22-27-15-16-28-9-2-3-10-29(28)21-27/h2-5,9-12,15-16,21,25-26,31,34-37,50,53H,6-8,13-14,17-20,22-24H2,1H3,(H2,47,61)(H,51,60)(H,54,65)(H,55,63)(H,56,62)(H,57,66)(H4,48,49,52)/t31-,34+,35+,36+,37+/m1/s1. The summed E-state index contributed by atoms with van der Waals surface area (Å²) in [6.07, 6.45) is 4.46. The number of unbranched alkanes of at least 4 members (excludes halogenated alkanes) is 1. The number of primary amides is 1. The SMILES string of the molecule is CN[C@@H](CCCNC(=N)N)C(=O)N[C@@H](Cc1c[nH]c2ccccc12)C(=O)N[C@@H](CCCCNC(=O)C[C@@H]1NC(=O)N(C2(C(=O)N[C@@H](C=O)Cc3ccc4ccccc4c3)CC2)C1=O)C(N)=O. The predicted octanol–water partition coefficient (Wildman–Crippen LogP) is 0.226. The Morgan fingerprint density at radius 1 is 0.833 bits per heavy atom. The molecular formula is C46H58N12O8. The van der Waals surface area contributed by atoms with Crippen molar-refractivity contribution < 1.29 is 38.4 Å². The number of hydrogen-bond acceptors (Lipinski definition) is 10. The monoisotopic (exact) mass is 906 g/mol. The highest BCUT2D eigenvalue weighted by Crippen LogP contribution is 2.44. The molecule has 0 bridgehead atoms. The van der Waals surface area contributed by atoms with Crippen LogP contribution in [0.1, 0.15) is 62.5 Å². The zero-order valence-electron chi connectivity index (χ0n) is 36.7. The number of benzene rings is 3. The lowest BCUT2D eigenvalue weighted by atomic mass is 10.0. The maximum Gasteiger partial charge on any atom is 0.325 e. The highest BCUT2D eigenvalue weighted by atomic mass is 16.2. The summed E-state index contributed by atoms with van der Waals surface area (Å²) in [5.41, 5.74) is 12.0. The molecule has 2 heterocycles. The number of carbonyl (C=O) groups excluding carboxylic acids is 8. The van der Waals surface area contributed by atoms with E-state index in [4.69, 9.17) is 16.9 Å². The number of fused-ring (bicyclic) bond motifs is 2. The van der Waals surface area contributed by atoms with Gasteiger partial charge in [0.25, 0.3) is 5.91 Å². The Balaban J connectivity index is 0.971. The first-order valence-electron chi connectivity index (χ1n) is 22.1. The predicted molar refractivity (Wildman–Crippen MR) is 245 cm³/mol. The van der Waals surface area contributed by atoms with E-state index in [0.717, 1.165) is 37.7 Å². The minimum absolute atomic E-state index is 0.102. The maximum atomic E-state index is 13.8. The fourth-order valence-electron chi connectivity index (χ4n) is 8.26. The zero-order chi connectivity index (χ0) is 47.4. The summed E-state index contributed by atoms with van der Waals surface area (Å²) in [6.45, 7) is 0.517. The Hall–Kier alpha value is -7.35. The molecule has 0 spiro atoms. The lowest BCUT2D eigenvalue weighted by Crippen LogP contribution is -2.56. The van der Waals surface area contributed by atoms with Crippen molar-refractivity contribution in [3.63, 3.8) is 0 Å². The molecule has 5 atom stereocenters. The van der Waals surface area contributed by atoms with Crippen LogP contribution in [0.5, 0.6) is 0 Å². The number of urea groups is 1. The van der Waals surface area contributed by atoms with Gasteiger partial charge in [-0.2, -0.15) is 0 Å². The number of nitrogens with two attached hydrogens (primary N) is 2. The number of likely N-dealkylation sites (N-methyl/N-ethyl adjacent to an activating group) is 1. The second-order valence-corrected chi connectivity index (χ2v) is 16.8. The number of nitrogens with one attached hydrogen (secondary N) is 9. The van der Waals surface area contributed by atoms with Gasteiger partial charge in [0, 0.05) is 36.6 Å². The number of aromatic nitrogens is 1. The molecule has 350 valence electrons. The largest absolute Gasteiger partial charge is 0.370 e. The van der Waals surface area contributed by atoms with Crippen LogP contribution in [0.3, 0.4) is 0 Å². The minimum atomic E-state index is -1.46. The van der Waals surface area contributed by atoms with Gasteiger partial charge < -0.3 is 58.5 Å². The fraction of sp³-hybridized carbons (Fsp3) is 0.413. The number of nitrogens with zero attached hydrogens (tertiary/aromatic N) is 1. The van der Waals surface area contributed by atoms with Gasteiger partial charge in [-0.15, -0.1) is 0 Å². The van der Waals surface area contributed by atoms with E-state index in [1.807, 2.05) is 66.7 Å². The van der Waals surface area contributed by atoms with E-state index >= 15 is 0 Å². The Morgan fingerprint density at radius 3 is 2.23 bits per heavy atom. The average molecular weight is 907 g/mol. The number of H-pyrrole nitrogens is 1. The first-order chi connectivity index (χ1) is 31.7. The fourth-order valence-corrected chi connectivity index (χ4v) is 8.26. The molecule has 6 rings (SSSR count). The Morgan fingerprint density at radius 2 is 1.52 bits per heavy atom. The molecule has 3 aromatic carbocycles.